The number of nitrogens with zero attached hydrogens (tertiary/aromatic N) is 3. The fourth-order valence-corrected chi connectivity index (χ4v) is 0.665. The molecule has 0 fully saturated rings. The quantitative estimate of drug-likeness (QED) is 0.640. The van der Waals surface area contributed by atoms with E-state index in [0.717, 1.165) is 6.92 Å². The number of hydrogen-bond donors (Lipinski definition) is 2. The van der Waals surface area contributed by atoms with Gasteiger partial charge in [-0.05, 0) is 13.8 Å². The standard InChI is InChI=1S/C7H9N3O3/c1-4-8-3-5(10-9-4)7(2,13)6(11)12/h3,13H,1-2H3,(H,11,12). The summed E-state index contributed by atoms with van der Waals surface area (Å²) in [5.74, 6) is -0.961. The van der Waals surface area contributed by atoms with Gasteiger partial charge >= 0.3 is 5.97 Å². The normalized spacial score (nSPS) is 15.0. The summed E-state index contributed by atoms with van der Waals surface area (Å²) >= 11 is 0. The molecular formula is C7H9N3O3. The van der Waals surface area contributed by atoms with E-state index < -0.39 is 11.6 Å². The van der Waals surface area contributed by atoms with E-state index in [9.17, 15) is 9.90 Å². The summed E-state index contributed by atoms with van der Waals surface area (Å²) in [6.07, 6.45) is 1.19. The number of aliphatic carboxylic acids is 1. The van der Waals surface area contributed by atoms with Crippen molar-refractivity contribution < 1.29 is 15.0 Å². The third-order valence-corrected chi connectivity index (χ3v) is 1.59. The van der Waals surface area contributed by atoms with Crippen LogP contribution < -0.4 is 0 Å². The van der Waals surface area contributed by atoms with Crippen LogP contribution in [0.25, 0.3) is 0 Å². The molecule has 0 aliphatic carbocycles. The molecule has 1 atom stereocenters. The van der Waals surface area contributed by atoms with Crippen molar-refractivity contribution in [2.45, 2.75) is 19.4 Å². The second-order valence-corrected chi connectivity index (χ2v) is 2.77. The highest BCUT2D eigenvalue weighted by Crippen LogP contribution is 2.16. The Bertz CT molecular complexity index is 320. The van der Waals surface area contributed by atoms with Crippen molar-refractivity contribution >= 4 is 5.97 Å². The van der Waals surface area contributed by atoms with Crippen molar-refractivity contribution in [1.82, 2.24) is 15.2 Å². The minimum Gasteiger partial charge on any atom is -0.479 e. The lowest BCUT2D eigenvalue weighted by Crippen LogP contribution is -2.33. The number of carboxylic acid groups (broad SMARTS) is 1. The van der Waals surface area contributed by atoms with Crippen LogP contribution in [-0.4, -0.2) is 31.4 Å². The number of rotatable bonds is 2. The molecule has 0 aromatic carbocycles. The smallest absolute Gasteiger partial charge is 0.341 e. The van der Waals surface area contributed by atoms with E-state index >= 15 is 0 Å². The third kappa shape index (κ3) is 1.78. The van der Waals surface area contributed by atoms with Gasteiger partial charge < -0.3 is 10.2 Å². The number of aliphatic hydroxyl groups is 1. The van der Waals surface area contributed by atoms with Crippen molar-refractivity contribution in [2.75, 3.05) is 0 Å². The lowest BCUT2D eigenvalue weighted by molar-refractivity contribution is -0.158. The molecule has 0 radical (unpaired) electrons. The topological polar surface area (TPSA) is 96.2 Å². The maximum atomic E-state index is 10.6. The van der Waals surface area contributed by atoms with Crippen LogP contribution in [0.15, 0.2) is 6.20 Å². The molecule has 1 rings (SSSR count). The Labute approximate surface area is 74.3 Å². The van der Waals surface area contributed by atoms with E-state index in [1.165, 1.54) is 6.20 Å². The Morgan fingerprint density at radius 1 is 1.54 bits per heavy atom. The molecule has 6 nitrogen and oxygen atoms in total. The maximum Gasteiger partial charge on any atom is 0.341 e. The molecule has 0 amide bonds. The Balaban J connectivity index is 3.08. The molecule has 0 aliphatic rings. The van der Waals surface area contributed by atoms with Gasteiger partial charge in [0.15, 0.2) is 0 Å². The zero-order valence-electron chi connectivity index (χ0n) is 7.22. The molecule has 0 bridgehead atoms. The first-order valence-corrected chi connectivity index (χ1v) is 3.57. The fraction of sp³-hybridized carbons (Fsp3) is 0.429. The zero-order chi connectivity index (χ0) is 10.1. The summed E-state index contributed by atoms with van der Waals surface area (Å²) in [6, 6.07) is 0. The molecule has 70 valence electrons. The molecule has 6 heteroatoms. The minimum atomic E-state index is -2.03. The largest absolute Gasteiger partial charge is 0.479 e. The van der Waals surface area contributed by atoms with E-state index in [0.29, 0.717) is 5.82 Å². The van der Waals surface area contributed by atoms with Gasteiger partial charge in [-0.2, -0.15) is 0 Å². The predicted molar refractivity (Wildman–Crippen MR) is 41.8 cm³/mol. The average Bonchev–Trinajstić information content (AvgIpc) is 2.04. The molecule has 0 saturated heterocycles. The molecule has 1 heterocycles. The van der Waals surface area contributed by atoms with Crippen LogP contribution in [0.1, 0.15) is 18.4 Å². The molecule has 2 N–H and O–H groups in total. The van der Waals surface area contributed by atoms with Gasteiger partial charge in [0.1, 0.15) is 11.5 Å². The van der Waals surface area contributed by atoms with Gasteiger partial charge in [-0.25, -0.2) is 9.78 Å². The van der Waals surface area contributed by atoms with Crippen LogP contribution in [-0.2, 0) is 10.4 Å². The van der Waals surface area contributed by atoms with E-state index in [-0.39, 0.29) is 5.69 Å². The Kier molecular flexibility index (Phi) is 2.24. The number of aromatic nitrogens is 3. The van der Waals surface area contributed by atoms with Gasteiger partial charge in [-0.1, -0.05) is 0 Å². The average molecular weight is 183 g/mol. The lowest BCUT2D eigenvalue weighted by Gasteiger charge is -2.15. The molecule has 13 heavy (non-hydrogen) atoms. The summed E-state index contributed by atoms with van der Waals surface area (Å²) in [7, 11) is 0. The molecule has 1 aromatic rings. The van der Waals surface area contributed by atoms with Crippen LogP contribution in [0.2, 0.25) is 0 Å². The SMILES string of the molecule is Cc1ncc(C(C)(O)C(=O)O)nn1. The van der Waals surface area contributed by atoms with Gasteiger partial charge in [0.2, 0.25) is 5.60 Å². The second-order valence-electron chi connectivity index (χ2n) is 2.77. The first-order chi connectivity index (χ1) is 5.94. The fourth-order valence-electron chi connectivity index (χ4n) is 0.665. The van der Waals surface area contributed by atoms with Crippen molar-refractivity contribution in [2.24, 2.45) is 0 Å². The Hall–Kier alpha value is -1.56. The highest BCUT2D eigenvalue weighted by molar-refractivity contribution is 5.77. The Morgan fingerprint density at radius 3 is 2.54 bits per heavy atom. The lowest BCUT2D eigenvalue weighted by atomic mass is 10.0. The number of hydrogen-bond acceptors (Lipinski definition) is 5. The van der Waals surface area contributed by atoms with Crippen LogP contribution in [0, 0.1) is 6.92 Å². The molecule has 0 saturated carbocycles. The predicted octanol–water partition coefficient (Wildman–Crippen LogP) is -0.528. The monoisotopic (exact) mass is 183 g/mol. The molecular weight excluding hydrogens is 174 g/mol. The molecule has 1 unspecified atom stereocenters. The highest BCUT2D eigenvalue weighted by atomic mass is 16.4. The first kappa shape index (κ1) is 9.53. The highest BCUT2D eigenvalue weighted by Gasteiger charge is 2.34. The second kappa shape index (κ2) is 3.06. The summed E-state index contributed by atoms with van der Waals surface area (Å²) in [5, 5.41) is 25.1. The van der Waals surface area contributed by atoms with E-state index in [1.54, 1.807) is 6.92 Å². The van der Waals surface area contributed by atoms with Gasteiger partial charge in [0, 0.05) is 0 Å². The summed E-state index contributed by atoms with van der Waals surface area (Å²) in [4.78, 5) is 14.3. The zero-order valence-corrected chi connectivity index (χ0v) is 7.22. The van der Waals surface area contributed by atoms with E-state index in [1.807, 2.05) is 0 Å². The maximum absolute atomic E-state index is 10.6. The van der Waals surface area contributed by atoms with Gasteiger partial charge in [0.25, 0.3) is 0 Å². The summed E-state index contributed by atoms with van der Waals surface area (Å²) in [5.41, 5.74) is -2.11. The van der Waals surface area contributed by atoms with Crippen molar-refractivity contribution in [3.8, 4) is 0 Å². The van der Waals surface area contributed by atoms with Gasteiger partial charge in [-0.3, -0.25) is 0 Å². The number of aryl methyl sites for hydroxylation is 1. The summed E-state index contributed by atoms with van der Waals surface area (Å²) in [6.45, 7) is 2.74. The van der Waals surface area contributed by atoms with Gasteiger partial charge in [-0.15, -0.1) is 10.2 Å². The first-order valence-electron chi connectivity index (χ1n) is 3.57. The van der Waals surface area contributed by atoms with Crippen molar-refractivity contribution in [3.05, 3.63) is 17.7 Å². The molecule has 1 aromatic heterocycles. The molecule has 0 spiro atoms. The van der Waals surface area contributed by atoms with Crippen LogP contribution in [0.5, 0.6) is 0 Å². The number of carbonyl (C=O) groups is 1. The minimum absolute atomic E-state index is 0.0781. The number of carboxylic acids is 1. The van der Waals surface area contributed by atoms with Crippen LogP contribution in [0.4, 0.5) is 0 Å². The third-order valence-electron chi connectivity index (χ3n) is 1.59. The van der Waals surface area contributed by atoms with E-state index in [2.05, 4.69) is 15.2 Å². The summed E-state index contributed by atoms with van der Waals surface area (Å²) < 4.78 is 0. The van der Waals surface area contributed by atoms with E-state index in [4.69, 9.17) is 5.11 Å². The van der Waals surface area contributed by atoms with Crippen LogP contribution in [0.3, 0.4) is 0 Å². The van der Waals surface area contributed by atoms with Crippen molar-refractivity contribution in [1.29, 1.82) is 0 Å². The van der Waals surface area contributed by atoms with Crippen LogP contribution >= 0.6 is 0 Å². The molecule has 0 aliphatic heterocycles. The van der Waals surface area contributed by atoms with Gasteiger partial charge in [0.05, 0.1) is 6.20 Å². The Morgan fingerprint density at radius 2 is 2.15 bits per heavy atom. The van der Waals surface area contributed by atoms with Crippen molar-refractivity contribution in [3.63, 3.8) is 0 Å².